The van der Waals surface area contributed by atoms with E-state index in [1.807, 2.05) is 0 Å². The maximum Gasteiger partial charge on any atom is 0.273 e. The van der Waals surface area contributed by atoms with E-state index in [4.69, 9.17) is 9.88 Å². The van der Waals surface area contributed by atoms with Gasteiger partial charge in [-0.15, -0.1) is 0 Å². The minimum absolute atomic E-state index is 0.0324. The number of H-pyrrole nitrogens is 1. The third-order valence-corrected chi connectivity index (χ3v) is 4.57. The number of aromatic nitrogens is 2. The van der Waals surface area contributed by atoms with E-state index in [2.05, 4.69) is 15.5 Å². The molecule has 1 amide bonds. The fourth-order valence-corrected chi connectivity index (χ4v) is 3.30. The lowest BCUT2D eigenvalue weighted by Crippen LogP contribution is -2.47. The normalized spacial score (nSPS) is 22.1. The topological polar surface area (TPSA) is 127 Å². The van der Waals surface area contributed by atoms with Gasteiger partial charge in [0.1, 0.15) is 4.90 Å². The molecule has 1 heterocycles. The van der Waals surface area contributed by atoms with Crippen molar-refractivity contribution >= 4 is 15.9 Å². The molecule has 0 aromatic carbocycles. The van der Waals surface area contributed by atoms with Crippen molar-refractivity contribution in [1.29, 1.82) is 0 Å². The number of hydrogen-bond acceptors (Lipinski definition) is 5. The molecule has 1 aromatic heterocycles. The van der Waals surface area contributed by atoms with E-state index < -0.39 is 15.9 Å². The highest BCUT2D eigenvalue weighted by molar-refractivity contribution is 7.89. The molecule has 9 heteroatoms. The molecule has 118 valence electrons. The Morgan fingerprint density at radius 1 is 1.48 bits per heavy atom. The standard InChI is InChI=1S/C12H20N4O4S/c1-6(2)9-11(21(13,18)19)10(16-15-9)12(17)14-7-4-8(5-7)20-3/h6-8H,4-5H2,1-3H3,(H,14,17)(H,15,16)(H2,13,18,19). The number of primary sulfonamides is 1. The van der Waals surface area contributed by atoms with Crippen LogP contribution < -0.4 is 10.5 Å². The van der Waals surface area contributed by atoms with Crippen LogP contribution in [0.2, 0.25) is 0 Å². The van der Waals surface area contributed by atoms with Crippen LogP contribution in [-0.4, -0.2) is 43.8 Å². The van der Waals surface area contributed by atoms with Gasteiger partial charge in [-0.2, -0.15) is 5.10 Å². The molecule has 1 aliphatic carbocycles. The van der Waals surface area contributed by atoms with Crippen LogP contribution in [0.4, 0.5) is 0 Å². The molecular weight excluding hydrogens is 296 g/mol. The van der Waals surface area contributed by atoms with Crippen LogP contribution >= 0.6 is 0 Å². The van der Waals surface area contributed by atoms with Crippen LogP contribution in [0.25, 0.3) is 0 Å². The van der Waals surface area contributed by atoms with Crippen molar-refractivity contribution < 1.29 is 17.9 Å². The maximum atomic E-state index is 12.2. The van der Waals surface area contributed by atoms with Crippen LogP contribution in [0.15, 0.2) is 4.90 Å². The number of carbonyl (C=O) groups is 1. The van der Waals surface area contributed by atoms with Crippen LogP contribution in [0.5, 0.6) is 0 Å². The van der Waals surface area contributed by atoms with Gasteiger partial charge in [0.25, 0.3) is 5.91 Å². The molecule has 0 saturated heterocycles. The lowest BCUT2D eigenvalue weighted by Gasteiger charge is -2.34. The minimum Gasteiger partial charge on any atom is -0.381 e. The van der Waals surface area contributed by atoms with Crippen LogP contribution in [0.3, 0.4) is 0 Å². The lowest BCUT2D eigenvalue weighted by molar-refractivity contribution is 0.0175. The predicted molar refractivity (Wildman–Crippen MR) is 75.3 cm³/mol. The van der Waals surface area contributed by atoms with Gasteiger partial charge in [0.15, 0.2) is 5.69 Å². The van der Waals surface area contributed by atoms with E-state index >= 15 is 0 Å². The average Bonchev–Trinajstić information content (AvgIpc) is 2.77. The molecule has 0 aliphatic heterocycles. The van der Waals surface area contributed by atoms with Crippen molar-refractivity contribution in [3.63, 3.8) is 0 Å². The average molecular weight is 316 g/mol. The molecule has 8 nitrogen and oxygen atoms in total. The summed E-state index contributed by atoms with van der Waals surface area (Å²) in [6, 6.07) is -0.0324. The number of nitrogens with two attached hydrogens (primary N) is 1. The Balaban J connectivity index is 2.22. The first-order valence-electron chi connectivity index (χ1n) is 6.68. The van der Waals surface area contributed by atoms with Gasteiger partial charge in [0, 0.05) is 13.2 Å². The highest BCUT2D eigenvalue weighted by atomic mass is 32.2. The second-order valence-corrected chi connectivity index (χ2v) is 7.01. The number of sulfonamides is 1. The molecule has 1 aliphatic rings. The van der Waals surface area contributed by atoms with E-state index in [0.717, 1.165) is 0 Å². The van der Waals surface area contributed by atoms with Gasteiger partial charge < -0.3 is 10.1 Å². The summed E-state index contributed by atoms with van der Waals surface area (Å²) in [6.45, 7) is 3.58. The summed E-state index contributed by atoms with van der Waals surface area (Å²) in [5.41, 5.74) is 0.160. The molecule has 2 rings (SSSR count). The van der Waals surface area contributed by atoms with Crippen molar-refractivity contribution in [2.75, 3.05) is 7.11 Å². The largest absolute Gasteiger partial charge is 0.381 e. The molecule has 4 N–H and O–H groups in total. The number of ether oxygens (including phenoxy) is 1. The number of carbonyl (C=O) groups excluding carboxylic acids is 1. The summed E-state index contributed by atoms with van der Waals surface area (Å²) in [5, 5.41) is 14.4. The minimum atomic E-state index is -4.03. The maximum absolute atomic E-state index is 12.2. The van der Waals surface area contributed by atoms with Crippen LogP contribution in [0, 0.1) is 0 Å². The summed E-state index contributed by atoms with van der Waals surface area (Å²) in [5.74, 6) is -0.685. The van der Waals surface area contributed by atoms with Gasteiger partial charge in [-0.05, 0) is 18.8 Å². The molecule has 0 radical (unpaired) electrons. The van der Waals surface area contributed by atoms with Crippen molar-refractivity contribution in [1.82, 2.24) is 15.5 Å². The van der Waals surface area contributed by atoms with Gasteiger partial charge in [-0.3, -0.25) is 9.89 Å². The molecule has 0 spiro atoms. The zero-order valence-electron chi connectivity index (χ0n) is 12.2. The molecule has 0 atom stereocenters. The number of hydrogen-bond donors (Lipinski definition) is 3. The van der Waals surface area contributed by atoms with Gasteiger partial charge >= 0.3 is 0 Å². The molecule has 21 heavy (non-hydrogen) atoms. The zero-order valence-corrected chi connectivity index (χ0v) is 13.0. The van der Waals surface area contributed by atoms with Gasteiger partial charge in [-0.1, -0.05) is 13.8 Å². The lowest BCUT2D eigenvalue weighted by atomic mass is 9.89. The van der Waals surface area contributed by atoms with Crippen molar-refractivity contribution in [2.45, 2.75) is 49.6 Å². The molecule has 1 saturated carbocycles. The fraction of sp³-hybridized carbons (Fsp3) is 0.667. The SMILES string of the molecule is COC1CC(NC(=O)c2n[nH]c(C(C)C)c2S(N)(=O)=O)C1. The number of nitrogens with one attached hydrogen (secondary N) is 2. The summed E-state index contributed by atoms with van der Waals surface area (Å²) >= 11 is 0. The Bertz CT molecular complexity index is 632. The first-order valence-corrected chi connectivity index (χ1v) is 8.23. The van der Waals surface area contributed by atoms with Crippen LogP contribution in [0.1, 0.15) is 48.8 Å². The summed E-state index contributed by atoms with van der Waals surface area (Å²) in [4.78, 5) is 12.0. The van der Waals surface area contributed by atoms with E-state index in [1.54, 1.807) is 21.0 Å². The first kappa shape index (κ1) is 15.9. The number of rotatable bonds is 5. The Labute approximate surface area is 123 Å². The number of methoxy groups -OCH3 is 1. The summed E-state index contributed by atoms with van der Waals surface area (Å²) in [7, 11) is -2.41. The Kier molecular flexibility index (Phi) is 4.35. The van der Waals surface area contributed by atoms with Gasteiger partial charge in [0.05, 0.1) is 11.8 Å². The van der Waals surface area contributed by atoms with Crippen molar-refractivity contribution in [3.8, 4) is 0 Å². The Hall–Kier alpha value is -1.45. The number of nitrogens with zero attached hydrogens (tertiary/aromatic N) is 1. The van der Waals surface area contributed by atoms with E-state index in [-0.39, 0.29) is 28.7 Å². The monoisotopic (exact) mass is 316 g/mol. The molecule has 0 bridgehead atoms. The molecule has 1 fully saturated rings. The summed E-state index contributed by atoms with van der Waals surface area (Å²) in [6.07, 6.45) is 1.54. The third-order valence-electron chi connectivity index (χ3n) is 3.59. The number of aromatic amines is 1. The smallest absolute Gasteiger partial charge is 0.273 e. The molecule has 1 aromatic rings. The Morgan fingerprint density at radius 3 is 2.57 bits per heavy atom. The van der Waals surface area contributed by atoms with Gasteiger partial charge in [-0.25, -0.2) is 13.6 Å². The second-order valence-electron chi connectivity index (χ2n) is 5.51. The second kappa shape index (κ2) is 5.74. The molecule has 0 unspecified atom stereocenters. The predicted octanol–water partition coefficient (Wildman–Crippen LogP) is 0.0877. The highest BCUT2D eigenvalue weighted by Crippen LogP contribution is 2.26. The zero-order chi connectivity index (χ0) is 15.8. The van der Waals surface area contributed by atoms with Gasteiger partial charge in [0.2, 0.25) is 10.0 Å². The Morgan fingerprint density at radius 2 is 2.10 bits per heavy atom. The molecular formula is C12H20N4O4S. The van der Waals surface area contributed by atoms with Crippen molar-refractivity contribution in [2.24, 2.45) is 5.14 Å². The summed E-state index contributed by atoms with van der Waals surface area (Å²) < 4.78 is 28.6. The highest BCUT2D eigenvalue weighted by Gasteiger charge is 2.34. The van der Waals surface area contributed by atoms with Crippen LogP contribution in [-0.2, 0) is 14.8 Å². The first-order chi connectivity index (χ1) is 9.74. The van der Waals surface area contributed by atoms with E-state index in [0.29, 0.717) is 18.5 Å². The quantitative estimate of drug-likeness (QED) is 0.709. The fourth-order valence-electron chi connectivity index (χ4n) is 2.31. The van der Waals surface area contributed by atoms with E-state index in [1.165, 1.54) is 0 Å². The number of amides is 1. The van der Waals surface area contributed by atoms with E-state index in [9.17, 15) is 13.2 Å². The third kappa shape index (κ3) is 3.25. The van der Waals surface area contributed by atoms with Crippen molar-refractivity contribution in [3.05, 3.63) is 11.4 Å².